The van der Waals surface area contributed by atoms with E-state index in [1.165, 1.54) is 32.1 Å². The van der Waals surface area contributed by atoms with Crippen LogP contribution in [0.2, 0.25) is 5.02 Å². The van der Waals surface area contributed by atoms with Gasteiger partial charge in [-0.15, -0.1) is 0 Å². The molecule has 2 fully saturated rings. The van der Waals surface area contributed by atoms with Crippen molar-refractivity contribution in [1.29, 1.82) is 0 Å². The molecule has 2 amide bonds. The molecule has 202 valence electrons. The van der Waals surface area contributed by atoms with Gasteiger partial charge in [0.05, 0.1) is 5.41 Å². The molecule has 0 bridgehead atoms. The summed E-state index contributed by atoms with van der Waals surface area (Å²) in [6, 6.07) is 6.79. The van der Waals surface area contributed by atoms with Crippen LogP contribution in [0.25, 0.3) is 0 Å². The normalized spacial score (nSPS) is 19.4. The van der Waals surface area contributed by atoms with Crippen LogP contribution in [0.15, 0.2) is 36.9 Å². The standard InChI is InChI=1S/C28H41ClN6O2/c1-27(2,17-30)26(37)33-24(16-21-8-10-23(29)11-9-21)25(36)34-14-12-28(13-15-34,18-35-20-31-19-32-35)22-6-4-3-5-7-22/h8-11,19-20,22,24H,3-7,12-18,30H2,1-2H3,(H,33,37)/t24-/m1/s1. The van der Waals surface area contributed by atoms with Gasteiger partial charge in [-0.25, -0.2) is 4.98 Å². The monoisotopic (exact) mass is 528 g/mol. The lowest BCUT2D eigenvalue weighted by molar-refractivity contribution is -0.141. The third-order valence-electron chi connectivity index (χ3n) is 8.57. The molecule has 8 nitrogen and oxygen atoms in total. The SMILES string of the molecule is CC(C)(CN)C(=O)N[C@H](Cc1ccc(Cl)cc1)C(=O)N1CCC(Cn2cncn2)(C2CCCCC2)CC1. The van der Waals surface area contributed by atoms with Gasteiger partial charge in [-0.05, 0) is 68.6 Å². The first-order valence-corrected chi connectivity index (χ1v) is 14.0. The van der Waals surface area contributed by atoms with Crippen molar-refractivity contribution >= 4 is 23.4 Å². The van der Waals surface area contributed by atoms with Crippen LogP contribution in [0, 0.1) is 16.7 Å². The lowest BCUT2D eigenvalue weighted by Gasteiger charge is -2.48. The summed E-state index contributed by atoms with van der Waals surface area (Å²) in [7, 11) is 0. The molecule has 1 aromatic carbocycles. The van der Waals surface area contributed by atoms with Gasteiger partial charge in [-0.2, -0.15) is 5.10 Å². The summed E-state index contributed by atoms with van der Waals surface area (Å²) in [5.74, 6) is 0.397. The van der Waals surface area contributed by atoms with Crippen molar-refractivity contribution < 1.29 is 9.59 Å². The molecule has 1 saturated heterocycles. The maximum Gasteiger partial charge on any atom is 0.245 e. The van der Waals surface area contributed by atoms with Crippen LogP contribution >= 0.6 is 11.6 Å². The average Bonchev–Trinajstić information content (AvgIpc) is 3.43. The Kier molecular flexibility index (Phi) is 8.90. The predicted molar refractivity (Wildman–Crippen MR) is 145 cm³/mol. The number of aromatic nitrogens is 3. The van der Waals surface area contributed by atoms with E-state index in [-0.39, 0.29) is 23.8 Å². The fraction of sp³-hybridized carbons (Fsp3) is 0.643. The first kappa shape index (κ1) is 27.6. The average molecular weight is 529 g/mol. The van der Waals surface area contributed by atoms with Crippen molar-refractivity contribution in [2.45, 2.75) is 77.8 Å². The Balaban J connectivity index is 1.50. The number of nitrogens with zero attached hydrogens (tertiary/aromatic N) is 4. The quantitative estimate of drug-likeness (QED) is 0.514. The summed E-state index contributed by atoms with van der Waals surface area (Å²) in [5.41, 5.74) is 6.15. The number of halogens is 1. The number of hydrogen-bond acceptors (Lipinski definition) is 5. The largest absolute Gasteiger partial charge is 0.343 e. The number of piperidine rings is 1. The second-order valence-electron chi connectivity index (χ2n) is 11.6. The molecule has 0 radical (unpaired) electrons. The number of benzene rings is 1. The number of hydrogen-bond donors (Lipinski definition) is 2. The first-order chi connectivity index (χ1) is 17.7. The highest BCUT2D eigenvalue weighted by molar-refractivity contribution is 6.30. The highest BCUT2D eigenvalue weighted by Crippen LogP contribution is 2.47. The van der Waals surface area contributed by atoms with Crippen molar-refractivity contribution in [1.82, 2.24) is 25.0 Å². The number of nitrogens with one attached hydrogen (secondary N) is 1. The van der Waals surface area contributed by atoms with Crippen LogP contribution in [0.4, 0.5) is 0 Å². The van der Waals surface area contributed by atoms with Gasteiger partial charge >= 0.3 is 0 Å². The summed E-state index contributed by atoms with van der Waals surface area (Å²) >= 11 is 6.07. The number of carbonyl (C=O) groups is 2. The van der Waals surface area contributed by atoms with Crippen LogP contribution in [0.1, 0.15) is 64.4 Å². The molecule has 0 unspecified atom stereocenters. The van der Waals surface area contributed by atoms with E-state index in [1.807, 2.05) is 33.8 Å². The van der Waals surface area contributed by atoms with Crippen LogP contribution in [0.3, 0.4) is 0 Å². The molecule has 1 aliphatic carbocycles. The summed E-state index contributed by atoms with van der Waals surface area (Å²) in [5, 5.41) is 8.07. The van der Waals surface area contributed by atoms with Gasteiger partial charge in [0.2, 0.25) is 11.8 Å². The minimum atomic E-state index is -0.756. The molecular formula is C28H41ClN6O2. The van der Waals surface area contributed by atoms with E-state index in [4.69, 9.17) is 17.3 Å². The Labute approximate surface area is 225 Å². The van der Waals surface area contributed by atoms with Gasteiger partial charge < -0.3 is 16.0 Å². The van der Waals surface area contributed by atoms with Gasteiger partial charge in [0, 0.05) is 37.6 Å². The predicted octanol–water partition coefficient (Wildman–Crippen LogP) is 3.83. The lowest BCUT2D eigenvalue weighted by Crippen LogP contribution is -2.56. The van der Waals surface area contributed by atoms with E-state index in [1.54, 1.807) is 26.5 Å². The fourth-order valence-corrected chi connectivity index (χ4v) is 6.07. The number of likely N-dealkylation sites (tertiary alicyclic amines) is 1. The molecule has 9 heteroatoms. The molecule has 1 aliphatic heterocycles. The van der Waals surface area contributed by atoms with Crippen molar-refractivity contribution in [3.63, 3.8) is 0 Å². The van der Waals surface area contributed by atoms with E-state index < -0.39 is 11.5 Å². The third-order valence-corrected chi connectivity index (χ3v) is 8.82. The molecular weight excluding hydrogens is 488 g/mol. The fourth-order valence-electron chi connectivity index (χ4n) is 5.94. The molecule has 2 aliphatic rings. The van der Waals surface area contributed by atoms with Gasteiger partial charge in [0.25, 0.3) is 0 Å². The Hall–Kier alpha value is -2.45. The van der Waals surface area contributed by atoms with Crippen molar-refractivity contribution in [3.05, 3.63) is 47.5 Å². The molecule has 37 heavy (non-hydrogen) atoms. The van der Waals surface area contributed by atoms with Gasteiger partial charge in [0.15, 0.2) is 0 Å². The maximum atomic E-state index is 13.9. The van der Waals surface area contributed by atoms with E-state index in [0.29, 0.717) is 30.5 Å². The Morgan fingerprint density at radius 2 is 1.84 bits per heavy atom. The van der Waals surface area contributed by atoms with Crippen LogP contribution in [-0.4, -0.2) is 57.2 Å². The van der Waals surface area contributed by atoms with E-state index in [2.05, 4.69) is 15.4 Å². The first-order valence-electron chi connectivity index (χ1n) is 13.6. The zero-order valence-electron chi connectivity index (χ0n) is 22.2. The van der Waals surface area contributed by atoms with E-state index >= 15 is 0 Å². The van der Waals surface area contributed by atoms with Crippen molar-refractivity contribution in [2.75, 3.05) is 19.6 Å². The molecule has 0 spiro atoms. The minimum Gasteiger partial charge on any atom is -0.343 e. The van der Waals surface area contributed by atoms with Crippen LogP contribution < -0.4 is 11.1 Å². The summed E-state index contributed by atoms with van der Waals surface area (Å²) in [6.45, 7) is 6.01. The van der Waals surface area contributed by atoms with E-state index in [0.717, 1.165) is 24.9 Å². The second kappa shape index (κ2) is 11.9. The number of nitrogens with two attached hydrogens (primary N) is 1. The third kappa shape index (κ3) is 6.71. The second-order valence-corrected chi connectivity index (χ2v) is 12.0. The topological polar surface area (TPSA) is 106 Å². The zero-order chi connectivity index (χ0) is 26.5. The van der Waals surface area contributed by atoms with Crippen LogP contribution in [-0.2, 0) is 22.6 Å². The molecule has 1 atom stereocenters. The van der Waals surface area contributed by atoms with Gasteiger partial charge in [-0.1, -0.05) is 43.0 Å². The highest BCUT2D eigenvalue weighted by Gasteiger charge is 2.44. The lowest BCUT2D eigenvalue weighted by atomic mass is 9.63. The van der Waals surface area contributed by atoms with Crippen LogP contribution in [0.5, 0.6) is 0 Å². The molecule has 2 aromatic rings. The van der Waals surface area contributed by atoms with Crippen molar-refractivity contribution in [2.24, 2.45) is 22.5 Å². The Bertz CT molecular complexity index is 1030. The number of rotatable bonds is 9. The molecule has 2 heterocycles. The number of carbonyl (C=O) groups excluding carboxylic acids is 2. The minimum absolute atomic E-state index is 0.0332. The molecule has 1 saturated carbocycles. The molecule has 4 rings (SSSR count). The number of amides is 2. The van der Waals surface area contributed by atoms with Gasteiger partial charge in [-0.3, -0.25) is 14.3 Å². The summed E-state index contributed by atoms with van der Waals surface area (Å²) in [6.07, 6.45) is 12.0. The maximum absolute atomic E-state index is 13.9. The van der Waals surface area contributed by atoms with E-state index in [9.17, 15) is 9.59 Å². The zero-order valence-corrected chi connectivity index (χ0v) is 22.9. The Morgan fingerprint density at radius 1 is 1.16 bits per heavy atom. The van der Waals surface area contributed by atoms with Crippen molar-refractivity contribution in [3.8, 4) is 0 Å². The summed E-state index contributed by atoms with van der Waals surface area (Å²) in [4.78, 5) is 33.0. The summed E-state index contributed by atoms with van der Waals surface area (Å²) < 4.78 is 1.96. The molecule has 3 N–H and O–H groups in total. The smallest absolute Gasteiger partial charge is 0.245 e. The van der Waals surface area contributed by atoms with Gasteiger partial charge in [0.1, 0.15) is 18.7 Å². The highest BCUT2D eigenvalue weighted by atomic mass is 35.5. The Morgan fingerprint density at radius 3 is 2.43 bits per heavy atom. The molecule has 1 aromatic heterocycles.